The van der Waals surface area contributed by atoms with Gasteiger partial charge in [0, 0.05) is 16.8 Å². The second-order valence-corrected chi connectivity index (χ2v) is 10.5. The minimum absolute atomic E-state index is 0.132. The van der Waals surface area contributed by atoms with E-state index < -0.39 is 38.1 Å². The van der Waals surface area contributed by atoms with Crippen molar-refractivity contribution in [3.8, 4) is 5.75 Å². The summed E-state index contributed by atoms with van der Waals surface area (Å²) in [5, 5.41) is 0.147. The number of nitrogens with zero attached hydrogens (tertiary/aromatic N) is 2. The van der Waals surface area contributed by atoms with Gasteiger partial charge in [-0.15, -0.1) is 0 Å². The maximum absolute atomic E-state index is 14.4. The molecule has 1 atom stereocenters. The van der Waals surface area contributed by atoms with Crippen LogP contribution in [-0.4, -0.2) is 33.1 Å². The molecule has 1 spiro atoms. The van der Waals surface area contributed by atoms with E-state index in [9.17, 15) is 22.4 Å². The minimum Gasteiger partial charge on any atom is -0.495 e. The van der Waals surface area contributed by atoms with Gasteiger partial charge in [0.1, 0.15) is 17.3 Å². The number of fused-ring (bicyclic) bond motifs is 2. The maximum Gasteiger partial charge on any atom is 0.274 e. The van der Waals surface area contributed by atoms with Crippen molar-refractivity contribution >= 4 is 44.6 Å². The highest BCUT2D eigenvalue weighted by Crippen LogP contribution is 2.53. The highest BCUT2D eigenvalue weighted by Gasteiger charge is 2.69. The summed E-state index contributed by atoms with van der Waals surface area (Å²) in [5.41, 5.74) is 0.768. The standard InChI is InChI=1S/C24H18ClFN2O5S/c1-33-21-11-10-16(12-18(21)25)28-22(29)14-34(31,32)24(28)17-7-3-5-9-20(17)27(23(24)30)13-15-6-2-4-8-19(15)26/h2-12H,13-14H2,1H3. The third kappa shape index (κ3) is 2.97. The minimum atomic E-state index is -4.34. The largest absolute Gasteiger partial charge is 0.495 e. The molecule has 1 fully saturated rings. The van der Waals surface area contributed by atoms with Crippen LogP contribution in [0, 0.1) is 5.82 Å². The Kier molecular flexibility index (Phi) is 5.14. The summed E-state index contributed by atoms with van der Waals surface area (Å²) in [4.78, 5) is 27.0. The molecule has 7 nitrogen and oxygen atoms in total. The summed E-state index contributed by atoms with van der Waals surface area (Å²) in [6.07, 6.45) is 0. The molecule has 0 aliphatic carbocycles. The SMILES string of the molecule is COc1ccc(N2C(=O)CS(=O)(=O)C23C(=O)N(Cc2ccccc2F)c2ccccc23)cc1Cl. The maximum atomic E-state index is 14.4. The van der Waals surface area contributed by atoms with Gasteiger partial charge < -0.3 is 9.64 Å². The van der Waals surface area contributed by atoms with Crippen LogP contribution < -0.4 is 14.5 Å². The van der Waals surface area contributed by atoms with Gasteiger partial charge in [-0.25, -0.2) is 12.8 Å². The van der Waals surface area contributed by atoms with Crippen LogP contribution >= 0.6 is 11.6 Å². The van der Waals surface area contributed by atoms with Crippen molar-refractivity contribution in [1.29, 1.82) is 0 Å². The average Bonchev–Trinajstić information content (AvgIpc) is 3.18. The lowest BCUT2D eigenvalue weighted by atomic mass is 10.0. The molecule has 174 valence electrons. The third-order valence-corrected chi connectivity index (χ3v) is 8.50. The predicted octanol–water partition coefficient (Wildman–Crippen LogP) is 3.65. The van der Waals surface area contributed by atoms with Gasteiger partial charge in [0.15, 0.2) is 9.84 Å². The molecular formula is C24H18ClFN2O5S. The van der Waals surface area contributed by atoms with E-state index in [0.29, 0.717) is 11.4 Å². The van der Waals surface area contributed by atoms with Gasteiger partial charge in [-0.3, -0.25) is 14.5 Å². The molecule has 1 unspecified atom stereocenters. The van der Waals surface area contributed by atoms with E-state index in [4.69, 9.17) is 16.3 Å². The van der Waals surface area contributed by atoms with Crippen molar-refractivity contribution < 1.29 is 27.1 Å². The zero-order valence-corrected chi connectivity index (χ0v) is 19.4. The number of para-hydroxylation sites is 1. The third-order valence-electron chi connectivity index (χ3n) is 6.10. The van der Waals surface area contributed by atoms with E-state index in [0.717, 1.165) is 4.90 Å². The average molecular weight is 501 g/mol. The molecule has 1 saturated heterocycles. The molecule has 5 rings (SSSR count). The van der Waals surface area contributed by atoms with Gasteiger partial charge in [0.2, 0.25) is 5.91 Å². The molecule has 0 aromatic heterocycles. The van der Waals surface area contributed by atoms with E-state index in [1.807, 2.05) is 0 Å². The molecule has 10 heteroatoms. The molecule has 3 aromatic rings. The van der Waals surface area contributed by atoms with Gasteiger partial charge in [0.05, 0.1) is 24.4 Å². The van der Waals surface area contributed by atoms with Crippen LogP contribution in [0.3, 0.4) is 0 Å². The Hall–Kier alpha value is -3.43. The summed E-state index contributed by atoms with van der Waals surface area (Å²) in [7, 11) is -2.92. The topological polar surface area (TPSA) is 84.0 Å². The Balaban J connectivity index is 1.74. The van der Waals surface area contributed by atoms with Crippen LogP contribution in [0.4, 0.5) is 15.8 Å². The first-order valence-corrected chi connectivity index (χ1v) is 12.3. The summed E-state index contributed by atoms with van der Waals surface area (Å²) in [6, 6.07) is 16.6. The molecule has 2 amide bonds. The normalized spacial score (nSPS) is 20.8. The number of sulfone groups is 1. The van der Waals surface area contributed by atoms with Crippen molar-refractivity contribution in [3.63, 3.8) is 0 Å². The first-order chi connectivity index (χ1) is 16.2. The van der Waals surface area contributed by atoms with Crippen molar-refractivity contribution in [2.24, 2.45) is 0 Å². The molecular weight excluding hydrogens is 483 g/mol. The number of methoxy groups -OCH3 is 1. The van der Waals surface area contributed by atoms with Gasteiger partial charge in [-0.2, -0.15) is 0 Å². The summed E-state index contributed by atoms with van der Waals surface area (Å²) in [6.45, 7) is -0.203. The van der Waals surface area contributed by atoms with Gasteiger partial charge >= 0.3 is 0 Å². The molecule has 2 aliphatic heterocycles. The van der Waals surface area contributed by atoms with Crippen LogP contribution in [-0.2, 0) is 30.8 Å². The number of anilines is 2. The smallest absolute Gasteiger partial charge is 0.274 e. The van der Waals surface area contributed by atoms with Gasteiger partial charge in [-0.1, -0.05) is 48.0 Å². The number of amides is 2. The number of halogens is 2. The summed E-state index contributed by atoms with van der Waals surface area (Å²) >= 11 is 6.26. The van der Waals surface area contributed by atoms with Crippen LogP contribution in [0.5, 0.6) is 5.75 Å². The zero-order chi connectivity index (χ0) is 24.3. The van der Waals surface area contributed by atoms with Crippen LogP contribution in [0.15, 0.2) is 66.7 Å². The Labute approximate surface area is 200 Å². The second-order valence-electron chi connectivity index (χ2n) is 7.95. The molecule has 0 bridgehead atoms. The number of carbonyl (C=O) groups excluding carboxylic acids is 2. The lowest BCUT2D eigenvalue weighted by Crippen LogP contribution is -2.54. The lowest BCUT2D eigenvalue weighted by molar-refractivity contribution is -0.123. The molecule has 2 heterocycles. The van der Waals surface area contributed by atoms with E-state index in [1.165, 1.54) is 54.5 Å². The Morgan fingerprint density at radius 2 is 1.76 bits per heavy atom. The first kappa shape index (κ1) is 22.4. The Morgan fingerprint density at radius 3 is 2.47 bits per heavy atom. The molecule has 2 aliphatic rings. The molecule has 34 heavy (non-hydrogen) atoms. The Bertz CT molecular complexity index is 1460. The number of ether oxygens (including phenoxy) is 1. The highest BCUT2D eigenvalue weighted by molar-refractivity contribution is 7.94. The first-order valence-electron chi connectivity index (χ1n) is 10.3. The van der Waals surface area contributed by atoms with E-state index >= 15 is 0 Å². The number of benzene rings is 3. The predicted molar refractivity (Wildman–Crippen MR) is 125 cm³/mol. The van der Waals surface area contributed by atoms with Crippen molar-refractivity contribution in [2.75, 3.05) is 22.7 Å². The van der Waals surface area contributed by atoms with Gasteiger partial charge in [-0.05, 0) is 30.3 Å². The molecule has 0 N–H and O–H groups in total. The fourth-order valence-electron chi connectivity index (χ4n) is 4.64. The lowest BCUT2D eigenvalue weighted by Gasteiger charge is -2.32. The van der Waals surface area contributed by atoms with Crippen LogP contribution in [0.1, 0.15) is 11.1 Å². The van der Waals surface area contributed by atoms with Crippen molar-refractivity contribution in [3.05, 3.63) is 88.7 Å². The number of carbonyl (C=O) groups is 2. The molecule has 0 saturated carbocycles. The second kappa shape index (κ2) is 7.82. The number of hydrogen-bond donors (Lipinski definition) is 0. The van der Waals surface area contributed by atoms with Crippen LogP contribution in [0.2, 0.25) is 5.02 Å². The highest BCUT2D eigenvalue weighted by atomic mass is 35.5. The zero-order valence-electron chi connectivity index (χ0n) is 17.9. The fraction of sp³-hybridized carbons (Fsp3) is 0.167. The Morgan fingerprint density at radius 1 is 1.06 bits per heavy atom. The van der Waals surface area contributed by atoms with Gasteiger partial charge in [0.25, 0.3) is 10.8 Å². The number of rotatable bonds is 4. The molecule has 3 aromatic carbocycles. The van der Waals surface area contributed by atoms with Crippen molar-refractivity contribution in [2.45, 2.75) is 11.4 Å². The fourth-order valence-corrected chi connectivity index (χ4v) is 6.92. The van der Waals surface area contributed by atoms with E-state index in [2.05, 4.69) is 0 Å². The van der Waals surface area contributed by atoms with Crippen LogP contribution in [0.25, 0.3) is 0 Å². The summed E-state index contributed by atoms with van der Waals surface area (Å²) in [5.74, 6) is -2.68. The van der Waals surface area contributed by atoms with E-state index in [1.54, 1.807) is 24.3 Å². The van der Waals surface area contributed by atoms with E-state index in [-0.39, 0.29) is 28.4 Å². The monoisotopic (exact) mass is 500 g/mol. The molecule has 0 radical (unpaired) electrons. The summed E-state index contributed by atoms with van der Waals surface area (Å²) < 4.78 is 46.8. The quantitative estimate of drug-likeness (QED) is 0.546. The van der Waals surface area contributed by atoms with Crippen molar-refractivity contribution in [1.82, 2.24) is 0 Å². The number of hydrogen-bond acceptors (Lipinski definition) is 5.